The maximum absolute atomic E-state index is 12.7. The summed E-state index contributed by atoms with van der Waals surface area (Å²) in [6, 6.07) is 11.5. The number of anilines is 1. The van der Waals surface area contributed by atoms with Crippen LogP contribution in [0.3, 0.4) is 0 Å². The predicted molar refractivity (Wildman–Crippen MR) is 112 cm³/mol. The van der Waals surface area contributed by atoms with E-state index in [1.807, 2.05) is 29.2 Å². The van der Waals surface area contributed by atoms with E-state index in [2.05, 4.69) is 16.4 Å². The van der Waals surface area contributed by atoms with E-state index in [0.717, 1.165) is 47.5 Å². The molecular formula is C21H20ClN3OS. The smallest absolute Gasteiger partial charge is 0.253 e. The van der Waals surface area contributed by atoms with Crippen molar-refractivity contribution in [1.82, 2.24) is 9.88 Å². The van der Waals surface area contributed by atoms with Crippen LogP contribution in [-0.2, 0) is 0 Å². The number of rotatable bonds is 3. The second-order valence-electron chi connectivity index (χ2n) is 6.72. The number of benzene rings is 1. The Morgan fingerprint density at radius 2 is 1.89 bits per heavy atom. The van der Waals surface area contributed by atoms with Crippen LogP contribution in [0.25, 0.3) is 21.6 Å². The van der Waals surface area contributed by atoms with Crippen LogP contribution in [0, 0.1) is 0 Å². The molecule has 1 aromatic carbocycles. The number of likely N-dealkylation sites (tertiary alicyclic amines) is 1. The van der Waals surface area contributed by atoms with E-state index < -0.39 is 0 Å². The number of nitrogen functional groups attached to an aromatic ring is 1. The maximum Gasteiger partial charge on any atom is 0.253 e. The Labute approximate surface area is 167 Å². The van der Waals surface area contributed by atoms with Crippen molar-refractivity contribution in [1.29, 1.82) is 0 Å². The van der Waals surface area contributed by atoms with Gasteiger partial charge >= 0.3 is 0 Å². The minimum Gasteiger partial charge on any atom is -0.384 e. The quantitative estimate of drug-likeness (QED) is 0.649. The third-order valence-corrected chi connectivity index (χ3v) is 6.13. The zero-order valence-corrected chi connectivity index (χ0v) is 16.4. The molecule has 4 rings (SSSR count). The molecule has 0 radical (unpaired) electrons. The number of thiophene rings is 1. The molecule has 0 aliphatic carbocycles. The van der Waals surface area contributed by atoms with Crippen LogP contribution in [0.2, 0.25) is 5.02 Å². The summed E-state index contributed by atoms with van der Waals surface area (Å²) < 4.78 is 0. The van der Waals surface area contributed by atoms with Gasteiger partial charge in [-0.3, -0.25) is 4.79 Å². The normalized spacial score (nSPS) is 14.3. The second-order valence-corrected chi connectivity index (χ2v) is 8.03. The molecule has 138 valence electrons. The fourth-order valence-electron chi connectivity index (χ4n) is 3.39. The molecule has 0 saturated carbocycles. The van der Waals surface area contributed by atoms with Gasteiger partial charge in [0.1, 0.15) is 5.82 Å². The number of carbonyl (C=O) groups is 1. The average Bonchev–Trinajstić information content (AvgIpc) is 3.18. The third-order valence-electron chi connectivity index (χ3n) is 4.84. The molecule has 1 saturated heterocycles. The molecule has 0 atom stereocenters. The molecule has 2 aromatic heterocycles. The summed E-state index contributed by atoms with van der Waals surface area (Å²) in [6.07, 6.45) is 5.06. The lowest BCUT2D eigenvalue weighted by Gasteiger charge is -2.26. The van der Waals surface area contributed by atoms with E-state index in [1.165, 1.54) is 6.42 Å². The topological polar surface area (TPSA) is 59.2 Å². The van der Waals surface area contributed by atoms with Crippen molar-refractivity contribution in [2.75, 3.05) is 18.8 Å². The van der Waals surface area contributed by atoms with Crippen LogP contribution in [0.4, 0.5) is 5.82 Å². The van der Waals surface area contributed by atoms with Gasteiger partial charge in [0, 0.05) is 40.3 Å². The van der Waals surface area contributed by atoms with E-state index in [1.54, 1.807) is 23.6 Å². The first-order valence-electron chi connectivity index (χ1n) is 9.01. The van der Waals surface area contributed by atoms with Crippen molar-refractivity contribution < 1.29 is 4.79 Å². The summed E-state index contributed by atoms with van der Waals surface area (Å²) in [5, 5.41) is 2.66. The summed E-state index contributed by atoms with van der Waals surface area (Å²) >= 11 is 8.16. The second kappa shape index (κ2) is 7.71. The summed E-state index contributed by atoms with van der Waals surface area (Å²) in [5.74, 6) is 0.572. The minimum absolute atomic E-state index is 0.0708. The number of piperidine rings is 1. The molecular weight excluding hydrogens is 378 g/mol. The fraction of sp³-hybridized carbons (Fsp3) is 0.238. The number of aromatic nitrogens is 1. The monoisotopic (exact) mass is 397 g/mol. The predicted octanol–water partition coefficient (Wildman–Crippen LogP) is 5.34. The summed E-state index contributed by atoms with van der Waals surface area (Å²) in [7, 11) is 0. The zero-order chi connectivity index (χ0) is 18.8. The Bertz CT molecular complexity index is 979. The lowest BCUT2D eigenvalue weighted by Crippen LogP contribution is -2.35. The summed E-state index contributed by atoms with van der Waals surface area (Å²) in [6.45, 7) is 1.67. The molecule has 1 aliphatic heterocycles. The van der Waals surface area contributed by atoms with Crippen molar-refractivity contribution in [2.45, 2.75) is 19.3 Å². The molecule has 0 bridgehead atoms. The Kier molecular flexibility index (Phi) is 5.14. The molecule has 1 fully saturated rings. The van der Waals surface area contributed by atoms with E-state index >= 15 is 0 Å². The number of halogens is 1. The molecule has 0 unspecified atom stereocenters. The molecule has 3 aromatic rings. The highest BCUT2D eigenvalue weighted by atomic mass is 35.5. The number of nitrogens with two attached hydrogens (primary N) is 1. The van der Waals surface area contributed by atoms with Gasteiger partial charge in [0.05, 0.1) is 0 Å². The number of carbonyl (C=O) groups excluding carboxylic acids is 1. The summed E-state index contributed by atoms with van der Waals surface area (Å²) in [4.78, 5) is 19.7. The Balaban J connectivity index is 1.59. The van der Waals surface area contributed by atoms with Gasteiger partial charge in [-0.1, -0.05) is 17.7 Å². The van der Waals surface area contributed by atoms with Crippen molar-refractivity contribution in [3.63, 3.8) is 0 Å². The molecule has 1 aliphatic rings. The van der Waals surface area contributed by atoms with Gasteiger partial charge in [-0.25, -0.2) is 4.98 Å². The molecule has 3 heterocycles. The Morgan fingerprint density at radius 1 is 1.07 bits per heavy atom. The first-order valence-corrected chi connectivity index (χ1v) is 10.3. The molecule has 1 amide bonds. The zero-order valence-electron chi connectivity index (χ0n) is 14.8. The highest BCUT2D eigenvalue weighted by molar-refractivity contribution is 7.14. The van der Waals surface area contributed by atoms with Crippen molar-refractivity contribution >= 4 is 34.7 Å². The molecule has 27 heavy (non-hydrogen) atoms. The van der Waals surface area contributed by atoms with Gasteiger partial charge < -0.3 is 10.6 Å². The lowest BCUT2D eigenvalue weighted by molar-refractivity contribution is 0.0724. The summed E-state index contributed by atoms with van der Waals surface area (Å²) in [5.41, 5.74) is 9.43. The molecule has 6 heteroatoms. The number of nitrogens with zero attached hydrogens (tertiary/aromatic N) is 2. The van der Waals surface area contributed by atoms with Crippen LogP contribution in [-0.4, -0.2) is 28.9 Å². The number of hydrogen-bond acceptors (Lipinski definition) is 4. The van der Waals surface area contributed by atoms with E-state index in [0.29, 0.717) is 16.4 Å². The third kappa shape index (κ3) is 3.84. The Morgan fingerprint density at radius 3 is 2.63 bits per heavy atom. The standard InChI is InChI=1S/C21H20ClN3OS/c22-18-10-15(21(26)25-8-2-1-3-9-25)4-5-17(18)16-11-19(27-13-16)14-6-7-24-20(23)12-14/h4-7,10-13H,1-3,8-9H2,(H2,23,24). The van der Waals surface area contributed by atoms with Gasteiger partial charge in [0.25, 0.3) is 5.91 Å². The minimum atomic E-state index is 0.0708. The van der Waals surface area contributed by atoms with Gasteiger partial charge in [-0.15, -0.1) is 11.3 Å². The van der Waals surface area contributed by atoms with Crippen LogP contribution >= 0.6 is 22.9 Å². The molecule has 0 spiro atoms. The highest BCUT2D eigenvalue weighted by Crippen LogP contribution is 2.36. The maximum atomic E-state index is 12.7. The van der Waals surface area contributed by atoms with Gasteiger partial charge in [0.15, 0.2) is 0 Å². The lowest BCUT2D eigenvalue weighted by atomic mass is 10.0. The van der Waals surface area contributed by atoms with Crippen LogP contribution in [0.15, 0.2) is 48.0 Å². The molecule has 4 nitrogen and oxygen atoms in total. The van der Waals surface area contributed by atoms with Crippen LogP contribution in [0.1, 0.15) is 29.6 Å². The van der Waals surface area contributed by atoms with E-state index in [9.17, 15) is 4.79 Å². The average molecular weight is 398 g/mol. The van der Waals surface area contributed by atoms with Gasteiger partial charge in [-0.05, 0) is 66.1 Å². The number of pyridine rings is 1. The van der Waals surface area contributed by atoms with Gasteiger partial charge in [-0.2, -0.15) is 0 Å². The largest absolute Gasteiger partial charge is 0.384 e. The number of hydrogen-bond donors (Lipinski definition) is 1. The number of amides is 1. The van der Waals surface area contributed by atoms with Crippen LogP contribution in [0.5, 0.6) is 0 Å². The van der Waals surface area contributed by atoms with Crippen molar-refractivity contribution in [3.8, 4) is 21.6 Å². The van der Waals surface area contributed by atoms with Gasteiger partial charge in [0.2, 0.25) is 0 Å². The van der Waals surface area contributed by atoms with E-state index in [-0.39, 0.29) is 5.91 Å². The van der Waals surface area contributed by atoms with E-state index in [4.69, 9.17) is 17.3 Å². The fourth-order valence-corrected chi connectivity index (χ4v) is 4.59. The van der Waals surface area contributed by atoms with Crippen molar-refractivity contribution in [3.05, 3.63) is 58.6 Å². The first kappa shape index (κ1) is 18.0. The Hall–Kier alpha value is -2.37. The SMILES string of the molecule is Nc1cc(-c2cc(-c3ccc(C(=O)N4CCCCC4)cc3Cl)cs2)ccn1. The first-order chi connectivity index (χ1) is 13.1. The molecule has 2 N–H and O–H groups in total. The van der Waals surface area contributed by atoms with Crippen molar-refractivity contribution in [2.24, 2.45) is 0 Å². The van der Waals surface area contributed by atoms with Crippen LogP contribution < -0.4 is 5.73 Å². The highest BCUT2D eigenvalue weighted by Gasteiger charge is 2.19.